The number of rotatable bonds is 3. The quantitative estimate of drug-likeness (QED) is 0.602. The lowest BCUT2D eigenvalue weighted by atomic mass is 10.0. The van der Waals surface area contributed by atoms with Crippen molar-refractivity contribution in [2.45, 2.75) is 12.0 Å². The van der Waals surface area contributed by atoms with E-state index in [1.165, 1.54) is 11.0 Å². The Kier molecular flexibility index (Phi) is 5.01. The van der Waals surface area contributed by atoms with Crippen LogP contribution in [0.3, 0.4) is 0 Å². The summed E-state index contributed by atoms with van der Waals surface area (Å²) >= 11 is 0. The van der Waals surface area contributed by atoms with E-state index in [0.717, 1.165) is 0 Å². The van der Waals surface area contributed by atoms with Crippen molar-refractivity contribution in [3.05, 3.63) is 53.9 Å². The van der Waals surface area contributed by atoms with Gasteiger partial charge < -0.3 is 15.7 Å². The lowest BCUT2D eigenvalue weighted by Crippen LogP contribution is -2.37. The lowest BCUT2D eigenvalue weighted by molar-refractivity contribution is -0.137. The fraction of sp³-hybridized carbons (Fsp3) is 0.227. The summed E-state index contributed by atoms with van der Waals surface area (Å²) in [6.45, 7) is 0.452. The molecular formula is C22H20N6O3. The van der Waals surface area contributed by atoms with Gasteiger partial charge in [0.1, 0.15) is 11.4 Å². The van der Waals surface area contributed by atoms with Gasteiger partial charge in [-0.3, -0.25) is 14.3 Å². The Bertz CT molecular complexity index is 1260. The molecule has 1 unspecified atom stereocenters. The number of nitrogens with zero attached hydrogens (tertiary/aromatic N) is 5. The number of aromatic nitrogens is 4. The van der Waals surface area contributed by atoms with Crippen molar-refractivity contribution in [1.82, 2.24) is 24.6 Å². The predicted molar refractivity (Wildman–Crippen MR) is 112 cm³/mol. The number of nitrogens with two attached hydrogens (primary N) is 1. The van der Waals surface area contributed by atoms with Gasteiger partial charge in [0.15, 0.2) is 5.82 Å². The molecule has 9 nitrogen and oxygen atoms in total. The molecular weight excluding hydrogens is 396 g/mol. The third-order valence-corrected chi connectivity index (χ3v) is 5.00. The minimum atomic E-state index is -1.68. The molecule has 31 heavy (non-hydrogen) atoms. The third kappa shape index (κ3) is 4.01. The highest BCUT2D eigenvalue weighted by molar-refractivity contribution is 5.92. The van der Waals surface area contributed by atoms with Crippen LogP contribution >= 0.6 is 0 Å². The van der Waals surface area contributed by atoms with Crippen LogP contribution in [0, 0.1) is 11.8 Å². The number of hydrogen-bond acceptors (Lipinski definition) is 6. The van der Waals surface area contributed by atoms with E-state index in [1.807, 2.05) is 0 Å². The van der Waals surface area contributed by atoms with Crippen molar-refractivity contribution in [2.75, 3.05) is 13.6 Å². The lowest BCUT2D eigenvalue weighted by Gasteiger charge is -2.13. The normalized spacial score (nSPS) is 18.0. The Labute approximate surface area is 178 Å². The predicted octanol–water partition coefficient (Wildman–Crippen LogP) is 0.588. The van der Waals surface area contributed by atoms with Crippen LogP contribution in [-0.4, -0.2) is 60.8 Å². The fourth-order valence-electron chi connectivity index (χ4n) is 3.27. The van der Waals surface area contributed by atoms with Crippen molar-refractivity contribution in [2.24, 2.45) is 12.8 Å². The highest BCUT2D eigenvalue weighted by Crippen LogP contribution is 2.23. The van der Waals surface area contributed by atoms with Crippen LogP contribution < -0.4 is 5.73 Å². The number of benzene rings is 1. The van der Waals surface area contributed by atoms with Crippen LogP contribution in [-0.2, 0) is 11.8 Å². The third-order valence-electron chi connectivity index (χ3n) is 5.00. The molecule has 1 atom stereocenters. The summed E-state index contributed by atoms with van der Waals surface area (Å²) in [4.78, 5) is 34.2. The second kappa shape index (κ2) is 7.66. The maximum absolute atomic E-state index is 12.1. The maximum Gasteiger partial charge on any atom is 0.267 e. The molecule has 0 radical (unpaired) electrons. The first kappa shape index (κ1) is 20.3. The smallest absolute Gasteiger partial charge is 0.267 e. The van der Waals surface area contributed by atoms with E-state index >= 15 is 0 Å². The molecule has 0 bridgehead atoms. The zero-order valence-corrected chi connectivity index (χ0v) is 17.0. The molecule has 1 saturated heterocycles. The molecule has 1 aromatic carbocycles. The molecule has 1 fully saturated rings. The van der Waals surface area contributed by atoms with Crippen molar-refractivity contribution in [3.8, 4) is 34.6 Å². The largest absolute Gasteiger partial charge is 0.369 e. The topological polar surface area (TPSA) is 127 Å². The summed E-state index contributed by atoms with van der Waals surface area (Å²) in [5, 5.41) is 14.8. The van der Waals surface area contributed by atoms with Gasteiger partial charge in [-0.25, -0.2) is 9.97 Å². The summed E-state index contributed by atoms with van der Waals surface area (Å²) in [6.07, 6.45) is 2.02. The molecule has 1 aliphatic heterocycles. The number of carbonyl (C=O) groups excluding carboxylic acids is 2. The molecule has 9 heteroatoms. The fourth-order valence-corrected chi connectivity index (χ4v) is 3.27. The van der Waals surface area contributed by atoms with Crippen LogP contribution in [0.15, 0.2) is 42.6 Å². The average Bonchev–Trinajstić information content (AvgIpc) is 3.31. The van der Waals surface area contributed by atoms with Gasteiger partial charge in [-0.2, -0.15) is 5.10 Å². The van der Waals surface area contributed by atoms with Crippen LogP contribution in [0.1, 0.15) is 22.5 Å². The van der Waals surface area contributed by atoms with Crippen LogP contribution in [0.2, 0.25) is 0 Å². The molecule has 2 aromatic heterocycles. The Hall–Kier alpha value is -4.03. The van der Waals surface area contributed by atoms with Crippen molar-refractivity contribution in [1.29, 1.82) is 0 Å². The number of likely N-dealkylation sites (N-methyl/N-ethyl adjacent to an activating group) is 1. The average molecular weight is 416 g/mol. The molecule has 2 amide bonds. The minimum absolute atomic E-state index is 0.0658. The van der Waals surface area contributed by atoms with Gasteiger partial charge in [0.2, 0.25) is 5.60 Å². The maximum atomic E-state index is 12.1. The first-order valence-electron chi connectivity index (χ1n) is 9.56. The van der Waals surface area contributed by atoms with Crippen LogP contribution in [0.4, 0.5) is 0 Å². The molecule has 0 spiro atoms. The summed E-state index contributed by atoms with van der Waals surface area (Å²) in [5.74, 6) is 4.76. The SMILES string of the molecule is CN1CCC(O)(C#Cc2cccc(-c3nc(C(N)=O)cc(-c4ccn(C)n4)n3)c2)C1=O. The Balaban J connectivity index is 1.73. The van der Waals surface area contributed by atoms with Gasteiger partial charge in [0.25, 0.3) is 11.8 Å². The van der Waals surface area contributed by atoms with E-state index in [4.69, 9.17) is 5.73 Å². The monoisotopic (exact) mass is 416 g/mol. The van der Waals surface area contributed by atoms with Gasteiger partial charge in [-0.05, 0) is 24.3 Å². The highest BCUT2D eigenvalue weighted by atomic mass is 16.3. The molecule has 1 aliphatic rings. The first-order valence-corrected chi connectivity index (χ1v) is 9.56. The van der Waals surface area contributed by atoms with E-state index in [1.54, 1.807) is 55.3 Å². The van der Waals surface area contributed by atoms with Crippen LogP contribution in [0.5, 0.6) is 0 Å². The molecule has 0 saturated carbocycles. The van der Waals surface area contributed by atoms with Crippen molar-refractivity contribution < 1.29 is 14.7 Å². The van der Waals surface area contributed by atoms with E-state index in [0.29, 0.717) is 29.1 Å². The molecule has 156 valence electrons. The van der Waals surface area contributed by atoms with Gasteiger partial charge >= 0.3 is 0 Å². The number of likely N-dealkylation sites (tertiary alicyclic amines) is 1. The van der Waals surface area contributed by atoms with Gasteiger partial charge in [-0.15, -0.1) is 0 Å². The second-order valence-electron chi connectivity index (χ2n) is 7.37. The van der Waals surface area contributed by atoms with E-state index in [-0.39, 0.29) is 17.9 Å². The first-order chi connectivity index (χ1) is 14.7. The second-order valence-corrected chi connectivity index (χ2v) is 7.37. The number of aryl methyl sites for hydroxylation is 1. The number of hydrogen-bond donors (Lipinski definition) is 2. The van der Waals surface area contributed by atoms with E-state index in [2.05, 4.69) is 26.9 Å². The molecule has 4 rings (SSSR count). The minimum Gasteiger partial charge on any atom is -0.369 e. The highest BCUT2D eigenvalue weighted by Gasteiger charge is 2.42. The Morgan fingerprint density at radius 2 is 2.00 bits per heavy atom. The summed E-state index contributed by atoms with van der Waals surface area (Å²) < 4.78 is 1.63. The number of amides is 2. The Morgan fingerprint density at radius 3 is 2.65 bits per heavy atom. The number of carbonyl (C=O) groups is 2. The molecule has 3 N–H and O–H groups in total. The number of primary amides is 1. The van der Waals surface area contributed by atoms with Gasteiger partial charge in [0.05, 0.1) is 5.69 Å². The standard InChI is InChI=1S/C22H20N6O3/c1-27-11-9-22(31,21(27)30)8-6-14-4-3-5-15(12-14)20-24-17(13-18(25-20)19(23)29)16-7-10-28(2)26-16/h3-5,7,10,12-13,31H,9,11H2,1-2H3,(H2,23,29). The summed E-state index contributed by atoms with van der Waals surface area (Å²) in [7, 11) is 3.41. The Morgan fingerprint density at radius 1 is 1.19 bits per heavy atom. The van der Waals surface area contributed by atoms with Gasteiger partial charge in [-0.1, -0.05) is 24.0 Å². The van der Waals surface area contributed by atoms with E-state index in [9.17, 15) is 14.7 Å². The van der Waals surface area contributed by atoms with Crippen molar-refractivity contribution in [3.63, 3.8) is 0 Å². The summed E-state index contributed by atoms with van der Waals surface area (Å²) in [5.41, 5.74) is 6.06. The van der Waals surface area contributed by atoms with Crippen LogP contribution in [0.25, 0.3) is 22.8 Å². The molecule has 0 aliphatic carbocycles. The molecule has 3 aromatic rings. The molecule has 3 heterocycles. The number of aliphatic hydroxyl groups is 1. The zero-order valence-electron chi connectivity index (χ0n) is 17.0. The summed E-state index contributed by atoms with van der Waals surface area (Å²) in [6, 6.07) is 10.3. The van der Waals surface area contributed by atoms with Gasteiger partial charge in [0, 0.05) is 44.4 Å². The van der Waals surface area contributed by atoms with E-state index < -0.39 is 17.4 Å². The zero-order chi connectivity index (χ0) is 22.2. The van der Waals surface area contributed by atoms with Crippen molar-refractivity contribution >= 4 is 11.8 Å².